The minimum absolute atomic E-state index is 0.0825. The number of hydrogen-bond acceptors (Lipinski definition) is 3. The number of benzene rings is 1. The molecule has 1 unspecified atom stereocenters. The third-order valence-corrected chi connectivity index (χ3v) is 2.04. The molecule has 18 heavy (non-hydrogen) atoms. The van der Waals surface area contributed by atoms with E-state index >= 15 is 0 Å². The van der Waals surface area contributed by atoms with Crippen LogP contribution < -0.4 is 10.5 Å². The quantitative estimate of drug-likeness (QED) is 0.507. The highest BCUT2D eigenvalue weighted by molar-refractivity contribution is 5.30. The van der Waals surface area contributed by atoms with Crippen molar-refractivity contribution in [3.05, 3.63) is 29.6 Å². The molecule has 0 heterocycles. The van der Waals surface area contributed by atoms with Crippen molar-refractivity contribution in [2.24, 2.45) is 5.73 Å². The maximum Gasteiger partial charge on any atom is 0.411 e. The number of alkyl halides is 3. The van der Waals surface area contributed by atoms with Crippen LogP contribution in [0.5, 0.6) is 5.75 Å². The second-order valence-corrected chi connectivity index (χ2v) is 3.70. The highest BCUT2D eigenvalue weighted by atomic mass is 19.4. The Kier molecular flexibility index (Phi) is 4.92. The molecule has 7 heteroatoms. The molecule has 102 valence electrons. The maximum atomic E-state index is 13.4. The van der Waals surface area contributed by atoms with Crippen LogP contribution in [0, 0.1) is 5.82 Å². The summed E-state index contributed by atoms with van der Waals surface area (Å²) < 4.78 is 57.7. The number of hydrogen-bond donors (Lipinski definition) is 1. The van der Waals surface area contributed by atoms with Gasteiger partial charge in [-0.2, -0.15) is 13.2 Å². The van der Waals surface area contributed by atoms with E-state index in [1.807, 2.05) is 0 Å². The van der Waals surface area contributed by atoms with Crippen LogP contribution in [-0.4, -0.2) is 19.6 Å². The van der Waals surface area contributed by atoms with Crippen LogP contribution in [0.25, 0.3) is 0 Å². The van der Waals surface area contributed by atoms with Crippen molar-refractivity contribution in [1.82, 2.24) is 0 Å². The van der Waals surface area contributed by atoms with Gasteiger partial charge in [-0.1, -0.05) is 6.07 Å². The first-order valence-corrected chi connectivity index (χ1v) is 5.12. The first-order chi connectivity index (χ1) is 8.29. The summed E-state index contributed by atoms with van der Waals surface area (Å²) in [6.07, 6.45) is -4.41. The van der Waals surface area contributed by atoms with Gasteiger partial charge < -0.3 is 15.2 Å². The SMILES string of the molecule is CC(N)c1ccc(OCOCC(F)(F)F)cc1F. The lowest BCUT2D eigenvalue weighted by Crippen LogP contribution is -2.19. The minimum Gasteiger partial charge on any atom is -0.467 e. The molecule has 0 bridgehead atoms. The Balaban J connectivity index is 2.47. The molecule has 0 spiro atoms. The van der Waals surface area contributed by atoms with Crippen molar-refractivity contribution >= 4 is 0 Å². The van der Waals surface area contributed by atoms with Gasteiger partial charge in [-0.05, 0) is 13.0 Å². The largest absolute Gasteiger partial charge is 0.467 e. The third kappa shape index (κ3) is 4.89. The zero-order valence-electron chi connectivity index (χ0n) is 9.63. The van der Waals surface area contributed by atoms with Crippen LogP contribution in [0.4, 0.5) is 17.6 Å². The highest BCUT2D eigenvalue weighted by Gasteiger charge is 2.27. The summed E-state index contributed by atoms with van der Waals surface area (Å²) in [5.41, 5.74) is 5.81. The Morgan fingerprint density at radius 2 is 2.00 bits per heavy atom. The van der Waals surface area contributed by atoms with Crippen molar-refractivity contribution in [1.29, 1.82) is 0 Å². The molecular weight excluding hydrogens is 254 g/mol. The normalized spacial score (nSPS) is 13.4. The van der Waals surface area contributed by atoms with Gasteiger partial charge in [0.1, 0.15) is 18.2 Å². The van der Waals surface area contributed by atoms with E-state index in [-0.39, 0.29) is 5.75 Å². The van der Waals surface area contributed by atoms with E-state index in [2.05, 4.69) is 4.74 Å². The molecule has 0 aliphatic heterocycles. The van der Waals surface area contributed by atoms with Gasteiger partial charge in [0.2, 0.25) is 0 Å². The van der Waals surface area contributed by atoms with Gasteiger partial charge in [-0.25, -0.2) is 4.39 Å². The summed E-state index contributed by atoms with van der Waals surface area (Å²) in [6, 6.07) is 3.41. The van der Waals surface area contributed by atoms with Crippen LogP contribution in [0.3, 0.4) is 0 Å². The highest BCUT2D eigenvalue weighted by Crippen LogP contribution is 2.21. The average Bonchev–Trinajstić information content (AvgIpc) is 2.22. The molecule has 0 radical (unpaired) electrons. The van der Waals surface area contributed by atoms with Crippen molar-refractivity contribution < 1.29 is 27.0 Å². The van der Waals surface area contributed by atoms with E-state index < -0.39 is 31.4 Å². The van der Waals surface area contributed by atoms with Crippen molar-refractivity contribution in [3.63, 3.8) is 0 Å². The monoisotopic (exact) mass is 267 g/mol. The third-order valence-electron chi connectivity index (χ3n) is 2.04. The van der Waals surface area contributed by atoms with Gasteiger partial charge in [0.05, 0.1) is 0 Å². The van der Waals surface area contributed by atoms with E-state index in [0.29, 0.717) is 5.56 Å². The first kappa shape index (κ1) is 14.7. The van der Waals surface area contributed by atoms with Gasteiger partial charge in [0.25, 0.3) is 0 Å². The lowest BCUT2D eigenvalue weighted by molar-refractivity contribution is -0.186. The van der Waals surface area contributed by atoms with Gasteiger partial charge in [-0.3, -0.25) is 0 Å². The second kappa shape index (κ2) is 6.01. The molecule has 1 rings (SSSR count). The fourth-order valence-corrected chi connectivity index (χ4v) is 1.23. The fourth-order valence-electron chi connectivity index (χ4n) is 1.23. The minimum atomic E-state index is -4.41. The molecule has 0 saturated carbocycles. The predicted octanol–water partition coefficient (Wildman–Crippen LogP) is 2.76. The fraction of sp³-hybridized carbons (Fsp3) is 0.455. The molecule has 1 aromatic rings. The maximum absolute atomic E-state index is 13.4. The first-order valence-electron chi connectivity index (χ1n) is 5.12. The molecule has 0 saturated heterocycles. The molecule has 0 aromatic heterocycles. The van der Waals surface area contributed by atoms with E-state index in [0.717, 1.165) is 6.07 Å². The van der Waals surface area contributed by atoms with Gasteiger partial charge >= 0.3 is 6.18 Å². The van der Waals surface area contributed by atoms with Crippen LogP contribution in [0.1, 0.15) is 18.5 Å². The second-order valence-electron chi connectivity index (χ2n) is 3.70. The summed E-state index contributed by atoms with van der Waals surface area (Å²) in [4.78, 5) is 0. The zero-order chi connectivity index (χ0) is 13.8. The standard InChI is InChI=1S/C11H13F4NO2/c1-7(16)9-3-2-8(4-10(9)12)18-6-17-5-11(13,14)15/h2-4,7H,5-6,16H2,1H3. The Bertz CT molecular complexity index is 393. The number of halogens is 4. The summed E-state index contributed by atoms with van der Waals surface area (Å²) in [5.74, 6) is -0.489. The van der Waals surface area contributed by atoms with Crippen LogP contribution >= 0.6 is 0 Å². The van der Waals surface area contributed by atoms with Gasteiger partial charge in [0, 0.05) is 17.7 Å². The van der Waals surface area contributed by atoms with E-state index in [4.69, 9.17) is 10.5 Å². The van der Waals surface area contributed by atoms with Crippen molar-refractivity contribution in [3.8, 4) is 5.75 Å². The summed E-state index contributed by atoms with van der Waals surface area (Å²) >= 11 is 0. The molecule has 1 aromatic carbocycles. The average molecular weight is 267 g/mol. The molecular formula is C11H13F4NO2. The molecule has 0 aliphatic carbocycles. The van der Waals surface area contributed by atoms with Gasteiger partial charge in [-0.15, -0.1) is 0 Å². The molecule has 0 fully saturated rings. The lowest BCUT2D eigenvalue weighted by Gasteiger charge is -2.11. The van der Waals surface area contributed by atoms with Crippen molar-refractivity contribution in [2.75, 3.05) is 13.4 Å². The van der Waals surface area contributed by atoms with E-state index in [1.165, 1.54) is 12.1 Å². The summed E-state index contributed by atoms with van der Waals surface area (Å²) in [5, 5.41) is 0. The molecule has 1 atom stereocenters. The smallest absolute Gasteiger partial charge is 0.411 e. The Morgan fingerprint density at radius 1 is 1.33 bits per heavy atom. The van der Waals surface area contributed by atoms with Gasteiger partial charge in [0.15, 0.2) is 6.79 Å². The number of rotatable bonds is 5. The van der Waals surface area contributed by atoms with Crippen LogP contribution in [0.15, 0.2) is 18.2 Å². The topological polar surface area (TPSA) is 44.5 Å². The van der Waals surface area contributed by atoms with Crippen molar-refractivity contribution in [2.45, 2.75) is 19.1 Å². The molecule has 3 nitrogen and oxygen atoms in total. The summed E-state index contributed by atoms with van der Waals surface area (Å²) in [6.45, 7) is -0.394. The number of nitrogens with two attached hydrogens (primary N) is 1. The summed E-state index contributed by atoms with van der Waals surface area (Å²) in [7, 11) is 0. The zero-order valence-corrected chi connectivity index (χ0v) is 9.63. The molecule has 2 N–H and O–H groups in total. The number of ether oxygens (including phenoxy) is 2. The Hall–Kier alpha value is -1.34. The Morgan fingerprint density at radius 3 is 2.50 bits per heavy atom. The lowest BCUT2D eigenvalue weighted by atomic mass is 10.1. The molecule has 0 aliphatic rings. The van der Waals surface area contributed by atoms with Crippen LogP contribution in [-0.2, 0) is 4.74 Å². The van der Waals surface area contributed by atoms with E-state index in [9.17, 15) is 17.6 Å². The predicted molar refractivity (Wildman–Crippen MR) is 56.5 cm³/mol. The Labute approximate surface area is 101 Å². The molecule has 0 amide bonds. The van der Waals surface area contributed by atoms with Crippen LogP contribution in [0.2, 0.25) is 0 Å². The van der Waals surface area contributed by atoms with E-state index in [1.54, 1.807) is 6.92 Å².